The average molecular weight is 428 g/mol. The number of aryl methyl sites for hydroxylation is 1. The van der Waals surface area contributed by atoms with E-state index in [2.05, 4.69) is 20.3 Å². The Kier molecular flexibility index (Phi) is 5.20. The van der Waals surface area contributed by atoms with E-state index in [1.807, 2.05) is 0 Å². The van der Waals surface area contributed by atoms with Crippen molar-refractivity contribution in [2.45, 2.75) is 13.5 Å². The third kappa shape index (κ3) is 4.31. The molecule has 0 aliphatic carbocycles. The predicted molar refractivity (Wildman–Crippen MR) is 110 cm³/mol. The number of halogens is 2. The second kappa shape index (κ2) is 7.96. The van der Waals surface area contributed by atoms with E-state index in [0.29, 0.717) is 27.4 Å². The molecule has 0 spiro atoms. The number of ether oxygens (including phenoxy) is 1. The van der Waals surface area contributed by atoms with Crippen LogP contribution in [0.15, 0.2) is 51.7 Å². The van der Waals surface area contributed by atoms with Crippen LogP contribution >= 0.6 is 11.6 Å². The van der Waals surface area contributed by atoms with Gasteiger partial charge in [-0.05, 0) is 42.8 Å². The Hall–Kier alpha value is -3.72. The summed E-state index contributed by atoms with van der Waals surface area (Å²) in [5.74, 6) is 0.348. The molecule has 0 aliphatic heterocycles. The Labute approximate surface area is 174 Å². The SMILES string of the molecule is Cc1cc(=O)oc2cc(OCc3nc(N)nc(Nc4ccc(F)cc4)n3)c(Cl)cc12. The Morgan fingerprint density at radius 1 is 1.17 bits per heavy atom. The maximum Gasteiger partial charge on any atom is 0.336 e. The molecule has 8 nitrogen and oxygen atoms in total. The first-order valence-corrected chi connectivity index (χ1v) is 9.15. The van der Waals surface area contributed by atoms with Gasteiger partial charge in [0, 0.05) is 23.2 Å². The van der Waals surface area contributed by atoms with E-state index in [-0.39, 0.29) is 30.1 Å². The first kappa shape index (κ1) is 19.6. The molecule has 2 heterocycles. The number of benzene rings is 2. The number of hydrogen-bond acceptors (Lipinski definition) is 8. The molecule has 0 aliphatic rings. The van der Waals surface area contributed by atoms with Gasteiger partial charge in [-0.2, -0.15) is 15.0 Å². The van der Waals surface area contributed by atoms with E-state index < -0.39 is 5.63 Å². The summed E-state index contributed by atoms with van der Waals surface area (Å²) >= 11 is 6.30. The molecule has 0 unspecified atom stereocenters. The lowest BCUT2D eigenvalue weighted by Crippen LogP contribution is -2.09. The summed E-state index contributed by atoms with van der Waals surface area (Å²) in [6.07, 6.45) is 0. The molecule has 4 rings (SSSR count). The van der Waals surface area contributed by atoms with Gasteiger partial charge >= 0.3 is 5.63 Å². The number of fused-ring (bicyclic) bond motifs is 1. The minimum atomic E-state index is -0.463. The number of nitrogens with one attached hydrogen (secondary N) is 1. The van der Waals surface area contributed by atoms with Gasteiger partial charge in [-0.25, -0.2) is 9.18 Å². The number of nitrogens with zero attached hydrogens (tertiary/aromatic N) is 3. The molecular formula is C20H15ClFN5O3. The van der Waals surface area contributed by atoms with Gasteiger partial charge in [0.05, 0.1) is 5.02 Å². The van der Waals surface area contributed by atoms with Gasteiger partial charge in [0.15, 0.2) is 5.82 Å². The number of rotatable bonds is 5. The lowest BCUT2D eigenvalue weighted by Gasteiger charge is -2.10. The summed E-state index contributed by atoms with van der Waals surface area (Å²) in [6, 6.07) is 10.3. The Morgan fingerprint density at radius 2 is 1.93 bits per heavy atom. The van der Waals surface area contributed by atoms with Crippen LogP contribution in [0.4, 0.5) is 22.0 Å². The highest BCUT2D eigenvalue weighted by Gasteiger charge is 2.11. The monoisotopic (exact) mass is 427 g/mol. The summed E-state index contributed by atoms with van der Waals surface area (Å²) in [7, 11) is 0. The fraction of sp³-hybridized carbons (Fsp3) is 0.100. The normalized spacial score (nSPS) is 10.9. The number of anilines is 3. The van der Waals surface area contributed by atoms with Crippen molar-refractivity contribution in [1.29, 1.82) is 0 Å². The van der Waals surface area contributed by atoms with Crippen LogP contribution in [0.1, 0.15) is 11.4 Å². The van der Waals surface area contributed by atoms with Crippen LogP contribution in [0.2, 0.25) is 5.02 Å². The van der Waals surface area contributed by atoms with Crippen molar-refractivity contribution in [2.24, 2.45) is 0 Å². The summed E-state index contributed by atoms with van der Waals surface area (Å²) < 4.78 is 24.0. The van der Waals surface area contributed by atoms with Crippen molar-refractivity contribution >= 4 is 40.2 Å². The highest BCUT2D eigenvalue weighted by Crippen LogP contribution is 2.31. The highest BCUT2D eigenvalue weighted by atomic mass is 35.5. The fourth-order valence-corrected chi connectivity index (χ4v) is 3.01. The topological polar surface area (TPSA) is 116 Å². The van der Waals surface area contributed by atoms with Crippen molar-refractivity contribution in [2.75, 3.05) is 11.1 Å². The smallest absolute Gasteiger partial charge is 0.336 e. The largest absolute Gasteiger partial charge is 0.484 e. The molecule has 0 atom stereocenters. The molecule has 2 aromatic heterocycles. The van der Waals surface area contributed by atoms with E-state index in [0.717, 1.165) is 5.56 Å². The van der Waals surface area contributed by atoms with Crippen LogP contribution < -0.4 is 21.4 Å². The fourth-order valence-electron chi connectivity index (χ4n) is 2.79. The molecule has 3 N–H and O–H groups in total. The molecule has 4 aromatic rings. The van der Waals surface area contributed by atoms with E-state index in [1.165, 1.54) is 36.4 Å². The lowest BCUT2D eigenvalue weighted by atomic mass is 10.1. The second-order valence-corrected chi connectivity index (χ2v) is 6.79. The lowest BCUT2D eigenvalue weighted by molar-refractivity contribution is 0.296. The van der Waals surface area contributed by atoms with E-state index in [4.69, 9.17) is 26.5 Å². The van der Waals surface area contributed by atoms with Crippen molar-refractivity contribution in [1.82, 2.24) is 15.0 Å². The Balaban J connectivity index is 1.56. The first-order valence-electron chi connectivity index (χ1n) is 8.77. The van der Waals surface area contributed by atoms with Crippen LogP contribution in [0.25, 0.3) is 11.0 Å². The first-order chi connectivity index (χ1) is 14.4. The quantitative estimate of drug-likeness (QED) is 0.459. The van der Waals surface area contributed by atoms with E-state index >= 15 is 0 Å². The zero-order valence-corrected chi connectivity index (χ0v) is 16.4. The van der Waals surface area contributed by atoms with Gasteiger partial charge in [-0.15, -0.1) is 0 Å². The van der Waals surface area contributed by atoms with Crippen LogP contribution in [-0.4, -0.2) is 15.0 Å². The molecule has 30 heavy (non-hydrogen) atoms. The minimum Gasteiger partial charge on any atom is -0.484 e. The molecule has 0 saturated carbocycles. The number of nitrogens with two attached hydrogens (primary N) is 1. The van der Waals surface area contributed by atoms with Crippen LogP contribution in [-0.2, 0) is 6.61 Å². The number of hydrogen-bond donors (Lipinski definition) is 2. The van der Waals surface area contributed by atoms with Crippen LogP contribution in [0.5, 0.6) is 5.75 Å². The molecule has 0 saturated heterocycles. The molecule has 0 radical (unpaired) electrons. The zero-order chi connectivity index (χ0) is 21.3. The molecular weight excluding hydrogens is 413 g/mol. The molecule has 0 bridgehead atoms. The third-order valence-electron chi connectivity index (χ3n) is 4.16. The van der Waals surface area contributed by atoms with Crippen molar-refractivity contribution in [3.63, 3.8) is 0 Å². The van der Waals surface area contributed by atoms with E-state index in [1.54, 1.807) is 13.0 Å². The molecule has 2 aromatic carbocycles. The number of aromatic nitrogens is 3. The van der Waals surface area contributed by atoms with Crippen LogP contribution in [0.3, 0.4) is 0 Å². The zero-order valence-electron chi connectivity index (χ0n) is 15.6. The standard InChI is InChI=1S/C20H15ClFN5O3/c1-10-6-18(28)30-15-8-16(14(21)7-13(10)15)29-9-17-25-19(23)27-20(26-17)24-12-4-2-11(22)3-5-12/h2-8H,9H2,1H3,(H3,23,24,25,26,27). The molecule has 0 fully saturated rings. The summed E-state index contributed by atoms with van der Waals surface area (Å²) in [5, 5.41) is 3.97. The number of nitrogen functional groups attached to an aromatic ring is 1. The highest BCUT2D eigenvalue weighted by molar-refractivity contribution is 6.32. The van der Waals surface area contributed by atoms with Crippen molar-refractivity contribution in [3.05, 3.63) is 75.1 Å². The van der Waals surface area contributed by atoms with Gasteiger partial charge in [-0.3, -0.25) is 0 Å². The van der Waals surface area contributed by atoms with Crippen molar-refractivity contribution < 1.29 is 13.5 Å². The van der Waals surface area contributed by atoms with Crippen molar-refractivity contribution in [3.8, 4) is 5.75 Å². The maximum atomic E-state index is 13.0. The predicted octanol–water partition coefficient (Wildman–Crippen LogP) is 3.98. The molecule has 10 heteroatoms. The summed E-state index contributed by atoms with van der Waals surface area (Å²) in [6.45, 7) is 1.73. The Bertz CT molecular complexity index is 1290. The molecule has 0 amide bonds. The second-order valence-electron chi connectivity index (χ2n) is 6.38. The summed E-state index contributed by atoms with van der Waals surface area (Å²) in [4.78, 5) is 23.9. The van der Waals surface area contributed by atoms with Gasteiger partial charge in [0.2, 0.25) is 11.9 Å². The minimum absolute atomic E-state index is 0.0144. The van der Waals surface area contributed by atoms with E-state index in [9.17, 15) is 9.18 Å². The Morgan fingerprint density at radius 3 is 2.70 bits per heavy atom. The van der Waals surface area contributed by atoms with Gasteiger partial charge < -0.3 is 20.2 Å². The average Bonchev–Trinajstić information content (AvgIpc) is 2.68. The summed E-state index contributed by atoms with van der Waals surface area (Å²) in [5.41, 5.74) is 6.97. The van der Waals surface area contributed by atoms with Crippen LogP contribution in [0, 0.1) is 12.7 Å². The van der Waals surface area contributed by atoms with Gasteiger partial charge in [0.1, 0.15) is 23.8 Å². The molecule has 152 valence electrons. The third-order valence-corrected chi connectivity index (χ3v) is 4.46. The maximum absolute atomic E-state index is 13.0. The van der Waals surface area contributed by atoms with Gasteiger partial charge in [0.25, 0.3) is 0 Å². The van der Waals surface area contributed by atoms with Gasteiger partial charge in [-0.1, -0.05) is 11.6 Å².